The zero-order valence-electron chi connectivity index (χ0n) is 14.3. The Kier molecular flexibility index (Phi) is 5.31. The van der Waals surface area contributed by atoms with Gasteiger partial charge in [-0.3, -0.25) is 14.5 Å². The first-order valence-electron chi connectivity index (χ1n) is 8.48. The van der Waals surface area contributed by atoms with Crippen LogP contribution in [-0.4, -0.2) is 58.5 Å². The summed E-state index contributed by atoms with van der Waals surface area (Å²) in [6.45, 7) is 5.24. The molecule has 1 amide bonds. The Morgan fingerprint density at radius 3 is 2.40 bits per heavy atom. The van der Waals surface area contributed by atoms with Gasteiger partial charge in [-0.1, -0.05) is 29.8 Å². The Bertz CT molecular complexity index is 757. The van der Waals surface area contributed by atoms with Gasteiger partial charge in [0.05, 0.1) is 11.7 Å². The molecular formula is C19H23N3O3. The van der Waals surface area contributed by atoms with Crippen molar-refractivity contribution in [2.45, 2.75) is 13.0 Å². The molecule has 1 atom stereocenters. The lowest BCUT2D eigenvalue weighted by Gasteiger charge is -2.35. The van der Waals surface area contributed by atoms with E-state index < -0.39 is 6.10 Å². The lowest BCUT2D eigenvalue weighted by atomic mass is 10.1. The molecule has 0 aliphatic carbocycles. The van der Waals surface area contributed by atoms with Gasteiger partial charge < -0.3 is 15.0 Å². The number of hydrogen-bond acceptors (Lipinski definition) is 4. The normalized spacial score (nSPS) is 16.6. The maximum atomic E-state index is 12.4. The third kappa shape index (κ3) is 4.35. The fourth-order valence-electron chi connectivity index (χ4n) is 3.00. The Labute approximate surface area is 146 Å². The SMILES string of the molecule is Cc1ccc(C(O)CN2CCN(C(=O)c3ccc(=O)[nH]c3)CC2)cc1. The molecule has 25 heavy (non-hydrogen) atoms. The molecule has 0 radical (unpaired) electrons. The fraction of sp³-hybridized carbons (Fsp3) is 0.368. The van der Waals surface area contributed by atoms with Crippen LogP contribution in [0.4, 0.5) is 0 Å². The monoisotopic (exact) mass is 341 g/mol. The third-order valence-electron chi connectivity index (χ3n) is 4.58. The highest BCUT2D eigenvalue weighted by Crippen LogP contribution is 2.16. The molecule has 0 saturated carbocycles. The first-order chi connectivity index (χ1) is 12.0. The summed E-state index contributed by atoms with van der Waals surface area (Å²) < 4.78 is 0. The lowest BCUT2D eigenvalue weighted by Crippen LogP contribution is -2.49. The van der Waals surface area contributed by atoms with E-state index >= 15 is 0 Å². The maximum Gasteiger partial charge on any atom is 0.255 e. The Hall–Kier alpha value is -2.44. The van der Waals surface area contributed by atoms with E-state index in [0.29, 0.717) is 25.2 Å². The summed E-state index contributed by atoms with van der Waals surface area (Å²) in [5.74, 6) is -0.0741. The number of H-pyrrole nitrogens is 1. The van der Waals surface area contributed by atoms with Crippen molar-refractivity contribution >= 4 is 5.91 Å². The van der Waals surface area contributed by atoms with Crippen molar-refractivity contribution in [3.05, 3.63) is 69.6 Å². The Morgan fingerprint density at radius 1 is 1.12 bits per heavy atom. The highest BCUT2D eigenvalue weighted by atomic mass is 16.3. The number of aromatic nitrogens is 1. The van der Waals surface area contributed by atoms with Gasteiger partial charge in [0.1, 0.15) is 0 Å². The first kappa shape index (κ1) is 17.4. The quantitative estimate of drug-likeness (QED) is 0.875. The number of carbonyl (C=O) groups is 1. The van der Waals surface area contributed by atoms with E-state index in [9.17, 15) is 14.7 Å². The number of aliphatic hydroxyl groups is 1. The van der Waals surface area contributed by atoms with Crippen LogP contribution in [0.5, 0.6) is 0 Å². The number of aromatic amines is 1. The van der Waals surface area contributed by atoms with Crippen LogP contribution in [0.15, 0.2) is 47.4 Å². The molecule has 1 fully saturated rings. The van der Waals surface area contributed by atoms with Gasteiger partial charge in [0.25, 0.3) is 5.91 Å². The van der Waals surface area contributed by atoms with Crippen molar-refractivity contribution in [2.24, 2.45) is 0 Å². The Balaban J connectivity index is 1.53. The topological polar surface area (TPSA) is 76.6 Å². The van der Waals surface area contributed by atoms with Gasteiger partial charge in [-0.15, -0.1) is 0 Å². The molecule has 1 aromatic carbocycles. The molecule has 6 nitrogen and oxygen atoms in total. The van der Waals surface area contributed by atoms with Gasteiger partial charge in [-0.25, -0.2) is 0 Å². The number of amides is 1. The number of benzene rings is 1. The van der Waals surface area contributed by atoms with E-state index in [-0.39, 0.29) is 11.5 Å². The second kappa shape index (κ2) is 7.63. The number of pyridine rings is 1. The average Bonchev–Trinajstić information content (AvgIpc) is 2.63. The average molecular weight is 341 g/mol. The highest BCUT2D eigenvalue weighted by Gasteiger charge is 2.23. The van der Waals surface area contributed by atoms with Crippen molar-refractivity contribution in [1.82, 2.24) is 14.8 Å². The summed E-state index contributed by atoms with van der Waals surface area (Å²) in [4.78, 5) is 30.0. The number of aryl methyl sites for hydroxylation is 1. The molecule has 2 N–H and O–H groups in total. The summed E-state index contributed by atoms with van der Waals surface area (Å²) >= 11 is 0. The molecule has 1 aliphatic heterocycles. The molecule has 6 heteroatoms. The van der Waals surface area contributed by atoms with Crippen LogP contribution in [0.3, 0.4) is 0 Å². The van der Waals surface area contributed by atoms with Gasteiger partial charge in [-0.2, -0.15) is 0 Å². The highest BCUT2D eigenvalue weighted by molar-refractivity contribution is 5.93. The van der Waals surface area contributed by atoms with Crippen LogP contribution in [0.25, 0.3) is 0 Å². The van der Waals surface area contributed by atoms with Crippen LogP contribution in [-0.2, 0) is 0 Å². The minimum Gasteiger partial charge on any atom is -0.387 e. The zero-order chi connectivity index (χ0) is 17.8. The molecule has 2 aromatic rings. The van der Waals surface area contributed by atoms with Crippen LogP contribution < -0.4 is 5.56 Å². The molecule has 1 unspecified atom stereocenters. The van der Waals surface area contributed by atoms with E-state index in [4.69, 9.17) is 0 Å². The second-order valence-electron chi connectivity index (χ2n) is 6.46. The van der Waals surface area contributed by atoms with Crippen LogP contribution in [0, 0.1) is 6.92 Å². The largest absolute Gasteiger partial charge is 0.387 e. The molecule has 2 heterocycles. The van der Waals surface area contributed by atoms with Gasteiger partial charge >= 0.3 is 0 Å². The molecule has 0 spiro atoms. The van der Waals surface area contributed by atoms with Crippen LogP contribution in [0.1, 0.15) is 27.6 Å². The van der Waals surface area contributed by atoms with E-state index in [1.165, 1.54) is 17.8 Å². The summed E-state index contributed by atoms with van der Waals surface area (Å²) in [6, 6.07) is 10.8. The van der Waals surface area contributed by atoms with Crippen molar-refractivity contribution in [2.75, 3.05) is 32.7 Å². The molecule has 1 saturated heterocycles. The molecular weight excluding hydrogens is 318 g/mol. The van der Waals surface area contributed by atoms with E-state index in [0.717, 1.165) is 18.7 Å². The van der Waals surface area contributed by atoms with Gasteiger partial charge in [-0.05, 0) is 18.6 Å². The van der Waals surface area contributed by atoms with Crippen molar-refractivity contribution in [3.63, 3.8) is 0 Å². The minimum absolute atomic E-state index is 0.0741. The molecule has 1 aliphatic rings. The minimum atomic E-state index is -0.526. The summed E-state index contributed by atoms with van der Waals surface area (Å²) in [6.07, 6.45) is 0.931. The molecule has 3 rings (SSSR count). The number of piperazine rings is 1. The van der Waals surface area contributed by atoms with E-state index in [1.54, 1.807) is 11.0 Å². The molecule has 0 bridgehead atoms. The number of nitrogens with zero attached hydrogens (tertiary/aromatic N) is 2. The van der Waals surface area contributed by atoms with E-state index in [1.807, 2.05) is 31.2 Å². The number of hydrogen-bond donors (Lipinski definition) is 2. The van der Waals surface area contributed by atoms with Crippen molar-refractivity contribution < 1.29 is 9.90 Å². The fourth-order valence-corrected chi connectivity index (χ4v) is 3.00. The number of rotatable bonds is 4. The van der Waals surface area contributed by atoms with Gasteiger partial charge in [0.15, 0.2) is 0 Å². The second-order valence-corrected chi connectivity index (χ2v) is 6.46. The summed E-state index contributed by atoms with van der Waals surface area (Å²) in [5.41, 5.74) is 2.36. The van der Waals surface area contributed by atoms with Crippen LogP contribution >= 0.6 is 0 Å². The van der Waals surface area contributed by atoms with Crippen molar-refractivity contribution in [1.29, 1.82) is 0 Å². The predicted molar refractivity (Wildman–Crippen MR) is 95.5 cm³/mol. The van der Waals surface area contributed by atoms with Gasteiger partial charge in [0.2, 0.25) is 5.56 Å². The smallest absolute Gasteiger partial charge is 0.255 e. The zero-order valence-corrected chi connectivity index (χ0v) is 14.3. The molecule has 132 valence electrons. The predicted octanol–water partition coefficient (Wildman–Crippen LogP) is 1.17. The molecule has 1 aromatic heterocycles. The summed E-state index contributed by atoms with van der Waals surface area (Å²) in [5, 5.41) is 10.4. The van der Waals surface area contributed by atoms with Crippen LogP contribution in [0.2, 0.25) is 0 Å². The number of nitrogens with one attached hydrogen (secondary N) is 1. The first-order valence-corrected chi connectivity index (χ1v) is 8.48. The maximum absolute atomic E-state index is 12.4. The Morgan fingerprint density at radius 2 is 1.80 bits per heavy atom. The lowest BCUT2D eigenvalue weighted by molar-refractivity contribution is 0.0527. The van der Waals surface area contributed by atoms with E-state index in [2.05, 4.69) is 9.88 Å². The third-order valence-corrected chi connectivity index (χ3v) is 4.58. The summed E-state index contributed by atoms with van der Waals surface area (Å²) in [7, 11) is 0. The van der Waals surface area contributed by atoms with Crippen molar-refractivity contribution in [3.8, 4) is 0 Å². The standard InChI is InChI=1S/C19H23N3O3/c1-14-2-4-15(5-3-14)17(23)13-21-8-10-22(11-9-21)19(25)16-6-7-18(24)20-12-16/h2-7,12,17,23H,8-11,13H2,1H3,(H,20,24). The van der Waals surface area contributed by atoms with Gasteiger partial charge in [0, 0.05) is 45.0 Å². The number of aliphatic hydroxyl groups excluding tert-OH is 1. The number of carbonyl (C=O) groups excluding carboxylic acids is 1. The number of β-amino-alcohol motifs (C(OH)–C–C–N with tert-alkyl or cyclic N) is 1.